The Balaban J connectivity index is 1.49. The molecule has 160 valence electrons. The van der Waals surface area contributed by atoms with Crippen LogP contribution >= 0.6 is 15.9 Å². The van der Waals surface area contributed by atoms with E-state index in [1.54, 1.807) is 0 Å². The summed E-state index contributed by atoms with van der Waals surface area (Å²) >= 11 is 3.56. The van der Waals surface area contributed by atoms with E-state index >= 15 is 0 Å². The monoisotopic (exact) mass is 486 g/mol. The lowest BCUT2D eigenvalue weighted by Gasteiger charge is -2.26. The van der Waals surface area contributed by atoms with E-state index in [2.05, 4.69) is 21.2 Å². The number of hydrogen-bond donors (Lipinski definition) is 1. The lowest BCUT2D eigenvalue weighted by atomic mass is 10.1. The van der Waals surface area contributed by atoms with Crippen molar-refractivity contribution in [2.45, 2.75) is 19.3 Å². The molecule has 0 unspecified atom stereocenters. The maximum absolute atomic E-state index is 12.9. The maximum atomic E-state index is 12.9. The summed E-state index contributed by atoms with van der Waals surface area (Å²) in [6.45, 7) is 1.67. The van der Waals surface area contributed by atoms with Gasteiger partial charge in [-0.2, -0.15) is 0 Å². The standard InChI is InChI=1S/C26H23BrN4O/c27-20-12-13-23-22(17-20)24(18-8-3-1-4-9-18)30-26(29-23)28-21-11-7-10-19(16-21)25(32)31-14-5-2-6-15-31/h1,3-4,7-13,16-17H,2,5-6,14-15H2,(H,28,29,30). The summed E-state index contributed by atoms with van der Waals surface area (Å²) < 4.78 is 0.982. The van der Waals surface area contributed by atoms with Crippen LogP contribution in [0, 0.1) is 0 Å². The number of carbonyl (C=O) groups is 1. The number of aromatic nitrogens is 2. The van der Waals surface area contributed by atoms with E-state index in [1.807, 2.05) is 77.7 Å². The van der Waals surface area contributed by atoms with Crippen molar-refractivity contribution in [2.75, 3.05) is 18.4 Å². The van der Waals surface area contributed by atoms with Gasteiger partial charge in [-0.1, -0.05) is 52.3 Å². The van der Waals surface area contributed by atoms with Crippen LogP contribution in [-0.2, 0) is 0 Å². The van der Waals surface area contributed by atoms with Crippen molar-refractivity contribution in [3.05, 3.63) is 82.8 Å². The first-order chi connectivity index (χ1) is 15.7. The Morgan fingerprint density at radius 2 is 1.69 bits per heavy atom. The first kappa shape index (κ1) is 20.6. The minimum atomic E-state index is 0.0857. The largest absolute Gasteiger partial charge is 0.339 e. The van der Waals surface area contributed by atoms with Gasteiger partial charge >= 0.3 is 0 Å². The first-order valence-electron chi connectivity index (χ1n) is 10.9. The molecule has 1 fully saturated rings. The second-order valence-electron chi connectivity index (χ2n) is 7.98. The zero-order chi connectivity index (χ0) is 21.9. The van der Waals surface area contributed by atoms with Crippen LogP contribution in [0.5, 0.6) is 0 Å². The third kappa shape index (κ3) is 4.36. The smallest absolute Gasteiger partial charge is 0.253 e. The van der Waals surface area contributed by atoms with Crippen LogP contribution in [-0.4, -0.2) is 33.9 Å². The summed E-state index contributed by atoms with van der Waals surface area (Å²) in [6, 6.07) is 23.7. The van der Waals surface area contributed by atoms with Crippen LogP contribution < -0.4 is 5.32 Å². The number of amides is 1. The number of benzene rings is 3. The van der Waals surface area contributed by atoms with Gasteiger partial charge in [0, 0.05) is 39.8 Å². The molecule has 1 saturated heterocycles. The van der Waals surface area contributed by atoms with E-state index in [9.17, 15) is 4.79 Å². The molecule has 0 atom stereocenters. The van der Waals surface area contributed by atoms with Crippen molar-refractivity contribution in [2.24, 2.45) is 0 Å². The molecule has 4 aromatic rings. The van der Waals surface area contributed by atoms with Gasteiger partial charge in [-0.15, -0.1) is 0 Å². The molecule has 0 spiro atoms. The van der Waals surface area contributed by atoms with Gasteiger partial charge in [-0.05, 0) is 55.7 Å². The van der Waals surface area contributed by atoms with Gasteiger partial charge in [0.15, 0.2) is 0 Å². The van der Waals surface area contributed by atoms with E-state index in [0.717, 1.165) is 58.3 Å². The second kappa shape index (κ2) is 9.09. The summed E-state index contributed by atoms with van der Waals surface area (Å²) in [6.07, 6.45) is 3.35. The fourth-order valence-electron chi connectivity index (χ4n) is 4.11. The van der Waals surface area contributed by atoms with Crippen LogP contribution in [0.1, 0.15) is 29.6 Å². The highest BCUT2D eigenvalue weighted by Crippen LogP contribution is 2.30. The Morgan fingerprint density at radius 1 is 0.875 bits per heavy atom. The molecule has 32 heavy (non-hydrogen) atoms. The van der Waals surface area contributed by atoms with Crippen molar-refractivity contribution in [3.63, 3.8) is 0 Å². The predicted molar refractivity (Wildman–Crippen MR) is 132 cm³/mol. The predicted octanol–water partition coefficient (Wildman–Crippen LogP) is 6.43. The third-order valence-electron chi connectivity index (χ3n) is 5.71. The van der Waals surface area contributed by atoms with Crippen molar-refractivity contribution >= 4 is 44.4 Å². The molecule has 1 N–H and O–H groups in total. The van der Waals surface area contributed by atoms with Gasteiger partial charge in [0.2, 0.25) is 5.95 Å². The number of piperidine rings is 1. The number of carbonyl (C=O) groups excluding carboxylic acids is 1. The zero-order valence-corrected chi connectivity index (χ0v) is 19.2. The molecular weight excluding hydrogens is 464 g/mol. The van der Waals surface area contributed by atoms with Gasteiger partial charge < -0.3 is 10.2 Å². The van der Waals surface area contributed by atoms with Crippen molar-refractivity contribution < 1.29 is 4.79 Å². The summed E-state index contributed by atoms with van der Waals surface area (Å²) in [7, 11) is 0. The van der Waals surface area contributed by atoms with Crippen molar-refractivity contribution in [1.29, 1.82) is 0 Å². The van der Waals surface area contributed by atoms with Gasteiger partial charge in [0.25, 0.3) is 5.91 Å². The molecule has 1 aliphatic heterocycles. The van der Waals surface area contributed by atoms with Gasteiger partial charge in [-0.25, -0.2) is 9.97 Å². The summed E-state index contributed by atoms with van der Waals surface area (Å²) in [5, 5.41) is 4.29. The fraction of sp³-hybridized carbons (Fsp3) is 0.192. The van der Waals surface area contributed by atoms with Gasteiger partial charge in [0.1, 0.15) is 0 Å². The number of fused-ring (bicyclic) bond motifs is 1. The summed E-state index contributed by atoms with van der Waals surface area (Å²) in [5.74, 6) is 0.587. The molecule has 5 nitrogen and oxygen atoms in total. The third-order valence-corrected chi connectivity index (χ3v) is 6.21. The molecule has 0 radical (unpaired) electrons. The molecule has 2 heterocycles. The highest BCUT2D eigenvalue weighted by Gasteiger charge is 2.18. The minimum Gasteiger partial charge on any atom is -0.339 e. The molecule has 1 aliphatic rings. The Kier molecular flexibility index (Phi) is 5.86. The molecule has 0 saturated carbocycles. The van der Waals surface area contributed by atoms with E-state index in [-0.39, 0.29) is 5.91 Å². The molecule has 6 heteroatoms. The minimum absolute atomic E-state index is 0.0857. The molecule has 3 aromatic carbocycles. The maximum Gasteiger partial charge on any atom is 0.253 e. The highest BCUT2D eigenvalue weighted by atomic mass is 79.9. The number of rotatable bonds is 4. The Bertz CT molecular complexity index is 1270. The quantitative estimate of drug-likeness (QED) is 0.361. The highest BCUT2D eigenvalue weighted by molar-refractivity contribution is 9.10. The number of anilines is 2. The van der Waals surface area contributed by atoms with Crippen LogP contribution in [0.3, 0.4) is 0 Å². The number of halogens is 1. The average molecular weight is 487 g/mol. The van der Waals surface area contributed by atoms with Gasteiger partial charge in [-0.3, -0.25) is 4.79 Å². The van der Waals surface area contributed by atoms with Crippen LogP contribution in [0.25, 0.3) is 22.2 Å². The van der Waals surface area contributed by atoms with Crippen LogP contribution in [0.4, 0.5) is 11.6 Å². The van der Waals surface area contributed by atoms with E-state index in [1.165, 1.54) is 6.42 Å². The van der Waals surface area contributed by atoms with Gasteiger partial charge in [0.05, 0.1) is 11.2 Å². The Hall–Kier alpha value is -3.25. The molecular formula is C26H23BrN4O. The number of hydrogen-bond acceptors (Lipinski definition) is 4. The Labute approximate surface area is 195 Å². The van der Waals surface area contributed by atoms with Crippen molar-refractivity contribution in [1.82, 2.24) is 14.9 Å². The van der Waals surface area contributed by atoms with Crippen LogP contribution in [0.2, 0.25) is 0 Å². The SMILES string of the molecule is O=C(c1cccc(Nc2nc(-c3ccccc3)c3cc(Br)ccc3n2)c1)N1CCCCC1. The first-order valence-corrected chi connectivity index (χ1v) is 11.7. The molecule has 1 amide bonds. The molecule has 0 aliphatic carbocycles. The molecule has 0 bridgehead atoms. The lowest BCUT2D eigenvalue weighted by molar-refractivity contribution is 0.0724. The Morgan fingerprint density at radius 3 is 2.50 bits per heavy atom. The van der Waals surface area contributed by atoms with E-state index in [4.69, 9.17) is 9.97 Å². The zero-order valence-electron chi connectivity index (χ0n) is 17.6. The van der Waals surface area contributed by atoms with E-state index < -0.39 is 0 Å². The average Bonchev–Trinajstić information content (AvgIpc) is 2.84. The lowest BCUT2D eigenvalue weighted by Crippen LogP contribution is -2.35. The summed E-state index contributed by atoms with van der Waals surface area (Å²) in [4.78, 5) is 24.4. The van der Waals surface area contributed by atoms with E-state index in [0.29, 0.717) is 11.5 Å². The number of likely N-dealkylation sites (tertiary alicyclic amines) is 1. The molecule has 1 aromatic heterocycles. The second-order valence-corrected chi connectivity index (χ2v) is 8.90. The fourth-order valence-corrected chi connectivity index (χ4v) is 4.47. The summed E-state index contributed by atoms with van der Waals surface area (Å²) in [5.41, 5.74) is 4.22. The van der Waals surface area contributed by atoms with Crippen molar-refractivity contribution in [3.8, 4) is 11.3 Å². The number of nitrogens with zero attached hydrogens (tertiary/aromatic N) is 3. The van der Waals surface area contributed by atoms with Crippen LogP contribution in [0.15, 0.2) is 77.3 Å². The molecule has 5 rings (SSSR count). The number of nitrogens with one attached hydrogen (secondary N) is 1. The normalized spacial score (nSPS) is 13.8. The topological polar surface area (TPSA) is 58.1 Å².